The third kappa shape index (κ3) is 2.95. The molecule has 2 saturated heterocycles. The molecule has 5 rings (SSSR count). The van der Waals surface area contributed by atoms with Gasteiger partial charge in [0.2, 0.25) is 5.91 Å². The number of aliphatic hydroxyl groups is 1. The lowest BCUT2D eigenvalue weighted by atomic mass is 9.82. The molecule has 7 heteroatoms. The second-order valence-electron chi connectivity index (χ2n) is 9.18. The molecular weight excluding hydrogens is 382 g/mol. The predicted octanol–water partition coefficient (Wildman–Crippen LogP) is 1.61. The van der Waals surface area contributed by atoms with Gasteiger partial charge in [-0.05, 0) is 18.9 Å². The van der Waals surface area contributed by atoms with Gasteiger partial charge in [-0.3, -0.25) is 14.4 Å². The van der Waals surface area contributed by atoms with Crippen molar-refractivity contribution in [2.45, 2.75) is 25.7 Å². The van der Waals surface area contributed by atoms with Crippen LogP contribution in [-0.2, 0) is 4.79 Å². The number of benzene rings is 1. The molecule has 158 valence electrons. The Balaban J connectivity index is 1.37. The minimum absolute atomic E-state index is 0.0394. The molecule has 30 heavy (non-hydrogen) atoms. The van der Waals surface area contributed by atoms with Gasteiger partial charge in [-0.2, -0.15) is 0 Å². The lowest BCUT2D eigenvalue weighted by Crippen LogP contribution is -2.41. The third-order valence-electron chi connectivity index (χ3n) is 7.42. The number of likely N-dealkylation sites (tertiary alicyclic amines) is 2. The first-order chi connectivity index (χ1) is 14.5. The fraction of sp³-hybridized carbons (Fsp3) is 0.522. The SMILES string of the molecule is O=C(c1c[nH]c(=O)c2ccccc12)N1C[C@H]2CN(C(=O)C3CCCC3)C[C@@]2(CO)C1. The van der Waals surface area contributed by atoms with Gasteiger partial charge in [0.1, 0.15) is 0 Å². The molecule has 3 aliphatic rings. The molecule has 2 atom stereocenters. The van der Waals surface area contributed by atoms with E-state index in [0.29, 0.717) is 42.5 Å². The van der Waals surface area contributed by atoms with E-state index < -0.39 is 5.41 Å². The highest BCUT2D eigenvalue weighted by Crippen LogP contribution is 2.44. The number of carbonyl (C=O) groups is 2. The number of hydrogen-bond acceptors (Lipinski definition) is 4. The summed E-state index contributed by atoms with van der Waals surface area (Å²) in [6, 6.07) is 7.10. The van der Waals surface area contributed by atoms with Crippen molar-refractivity contribution in [2.75, 3.05) is 32.8 Å². The van der Waals surface area contributed by atoms with Crippen LogP contribution in [0.2, 0.25) is 0 Å². The van der Waals surface area contributed by atoms with Gasteiger partial charge < -0.3 is 19.9 Å². The Morgan fingerprint density at radius 1 is 1.07 bits per heavy atom. The number of aliphatic hydroxyl groups excluding tert-OH is 1. The number of nitrogens with zero attached hydrogens (tertiary/aromatic N) is 2. The molecule has 0 bridgehead atoms. The van der Waals surface area contributed by atoms with Crippen LogP contribution in [0.5, 0.6) is 0 Å². The minimum atomic E-state index is -0.456. The number of aromatic nitrogens is 1. The van der Waals surface area contributed by atoms with E-state index in [1.165, 1.54) is 6.20 Å². The largest absolute Gasteiger partial charge is 0.396 e. The van der Waals surface area contributed by atoms with Crippen LogP contribution in [0.15, 0.2) is 35.3 Å². The molecule has 0 radical (unpaired) electrons. The van der Waals surface area contributed by atoms with Crippen molar-refractivity contribution in [1.29, 1.82) is 0 Å². The van der Waals surface area contributed by atoms with Gasteiger partial charge >= 0.3 is 0 Å². The highest BCUT2D eigenvalue weighted by molar-refractivity contribution is 6.06. The van der Waals surface area contributed by atoms with Crippen LogP contribution in [0.3, 0.4) is 0 Å². The van der Waals surface area contributed by atoms with Crippen LogP contribution in [0.25, 0.3) is 10.8 Å². The molecular formula is C23H27N3O4. The van der Waals surface area contributed by atoms with Crippen molar-refractivity contribution in [3.05, 3.63) is 46.4 Å². The zero-order valence-electron chi connectivity index (χ0n) is 17.0. The molecule has 1 saturated carbocycles. The molecule has 2 amide bonds. The monoisotopic (exact) mass is 409 g/mol. The molecule has 0 unspecified atom stereocenters. The normalized spacial score (nSPS) is 26.5. The molecule has 0 spiro atoms. The van der Waals surface area contributed by atoms with Gasteiger partial charge in [-0.25, -0.2) is 0 Å². The number of fused-ring (bicyclic) bond motifs is 2. The summed E-state index contributed by atoms with van der Waals surface area (Å²) in [7, 11) is 0. The Bertz CT molecular complexity index is 1060. The van der Waals surface area contributed by atoms with Gasteiger partial charge in [0, 0.05) is 60.4 Å². The van der Waals surface area contributed by atoms with Crippen LogP contribution in [0.4, 0.5) is 0 Å². The topological polar surface area (TPSA) is 93.7 Å². The predicted molar refractivity (Wildman–Crippen MR) is 112 cm³/mol. The highest BCUT2D eigenvalue weighted by Gasteiger charge is 2.54. The second kappa shape index (κ2) is 7.23. The van der Waals surface area contributed by atoms with Crippen molar-refractivity contribution < 1.29 is 14.7 Å². The molecule has 1 aromatic carbocycles. The van der Waals surface area contributed by atoms with E-state index in [1.807, 2.05) is 11.0 Å². The summed E-state index contributed by atoms with van der Waals surface area (Å²) in [6.07, 6.45) is 5.66. The fourth-order valence-corrected chi connectivity index (χ4v) is 5.71. The molecule has 3 fully saturated rings. The average molecular weight is 409 g/mol. The van der Waals surface area contributed by atoms with Crippen molar-refractivity contribution in [3.8, 4) is 0 Å². The van der Waals surface area contributed by atoms with E-state index in [9.17, 15) is 19.5 Å². The molecule has 2 N–H and O–H groups in total. The molecule has 1 aromatic heterocycles. The quantitative estimate of drug-likeness (QED) is 0.805. The Kier molecular flexibility index (Phi) is 4.65. The average Bonchev–Trinajstić information content (AvgIpc) is 3.48. The molecule has 3 heterocycles. The smallest absolute Gasteiger partial charge is 0.256 e. The first-order valence-corrected chi connectivity index (χ1v) is 10.8. The summed E-state index contributed by atoms with van der Waals surface area (Å²) in [5, 5.41) is 11.4. The Labute approximate surface area is 174 Å². The van der Waals surface area contributed by atoms with Crippen LogP contribution in [0.1, 0.15) is 36.0 Å². The number of H-pyrrole nitrogens is 1. The number of pyridine rings is 1. The molecule has 2 aromatic rings. The van der Waals surface area contributed by atoms with Crippen LogP contribution in [0, 0.1) is 17.3 Å². The zero-order valence-corrected chi connectivity index (χ0v) is 17.0. The van der Waals surface area contributed by atoms with E-state index in [2.05, 4.69) is 4.98 Å². The summed E-state index contributed by atoms with van der Waals surface area (Å²) in [6.45, 7) is 2.02. The van der Waals surface area contributed by atoms with Gasteiger partial charge in [-0.1, -0.05) is 31.0 Å². The number of carbonyl (C=O) groups excluding carboxylic acids is 2. The van der Waals surface area contributed by atoms with Crippen molar-refractivity contribution >= 4 is 22.6 Å². The minimum Gasteiger partial charge on any atom is -0.396 e. The standard InChI is InChI=1S/C23H27N3O4/c27-14-23-12-25(21(29)15-5-1-2-6-15)10-16(23)11-26(13-23)22(30)19-9-24-20(28)18-8-4-3-7-17(18)19/h3-4,7-9,15-16,27H,1-2,5-6,10-14H2,(H,24,28)/t16-,23+/m1/s1. The van der Waals surface area contributed by atoms with E-state index in [1.54, 1.807) is 23.1 Å². The maximum Gasteiger partial charge on any atom is 0.256 e. The highest BCUT2D eigenvalue weighted by atomic mass is 16.3. The lowest BCUT2D eigenvalue weighted by Gasteiger charge is -2.28. The van der Waals surface area contributed by atoms with Crippen molar-refractivity contribution in [3.63, 3.8) is 0 Å². The van der Waals surface area contributed by atoms with Crippen molar-refractivity contribution in [2.24, 2.45) is 17.3 Å². The summed E-state index contributed by atoms with van der Waals surface area (Å²) < 4.78 is 0. The van der Waals surface area contributed by atoms with Gasteiger partial charge in [-0.15, -0.1) is 0 Å². The maximum atomic E-state index is 13.3. The molecule has 1 aliphatic carbocycles. The number of aromatic amines is 1. The first kappa shape index (κ1) is 19.3. The maximum absolute atomic E-state index is 13.3. The van der Waals surface area contributed by atoms with Crippen LogP contribution >= 0.6 is 0 Å². The second-order valence-corrected chi connectivity index (χ2v) is 9.18. The number of nitrogens with one attached hydrogen (secondary N) is 1. The summed E-state index contributed by atoms with van der Waals surface area (Å²) in [5.74, 6) is 0.285. The molecule has 2 aliphatic heterocycles. The summed E-state index contributed by atoms with van der Waals surface area (Å²) >= 11 is 0. The van der Waals surface area contributed by atoms with E-state index in [0.717, 1.165) is 25.7 Å². The Morgan fingerprint density at radius 2 is 1.73 bits per heavy atom. The summed E-state index contributed by atoms with van der Waals surface area (Å²) in [4.78, 5) is 44.7. The lowest BCUT2D eigenvalue weighted by molar-refractivity contribution is -0.135. The van der Waals surface area contributed by atoms with Crippen molar-refractivity contribution in [1.82, 2.24) is 14.8 Å². The number of hydrogen-bond donors (Lipinski definition) is 2. The summed E-state index contributed by atoms with van der Waals surface area (Å²) in [5.41, 5.74) is -0.201. The zero-order chi connectivity index (χ0) is 20.9. The number of rotatable bonds is 3. The van der Waals surface area contributed by atoms with Crippen LogP contribution in [-0.4, -0.2) is 64.5 Å². The molecule has 7 nitrogen and oxygen atoms in total. The van der Waals surface area contributed by atoms with E-state index in [-0.39, 0.29) is 35.8 Å². The van der Waals surface area contributed by atoms with E-state index >= 15 is 0 Å². The third-order valence-corrected chi connectivity index (χ3v) is 7.42. The Hall–Kier alpha value is -2.67. The fourth-order valence-electron chi connectivity index (χ4n) is 5.71. The van der Waals surface area contributed by atoms with Gasteiger partial charge in [0.15, 0.2) is 0 Å². The van der Waals surface area contributed by atoms with Gasteiger partial charge in [0.25, 0.3) is 11.5 Å². The Morgan fingerprint density at radius 3 is 2.43 bits per heavy atom. The first-order valence-electron chi connectivity index (χ1n) is 10.8. The number of amides is 2. The van der Waals surface area contributed by atoms with Gasteiger partial charge in [0.05, 0.1) is 12.2 Å². The van der Waals surface area contributed by atoms with Crippen LogP contribution < -0.4 is 5.56 Å². The van der Waals surface area contributed by atoms with E-state index in [4.69, 9.17) is 0 Å².